The van der Waals surface area contributed by atoms with Crippen molar-refractivity contribution < 1.29 is 14.0 Å². The molecule has 0 bridgehead atoms. The van der Waals surface area contributed by atoms with Gasteiger partial charge in [-0.3, -0.25) is 0 Å². The molecule has 214 valence electrons. The van der Waals surface area contributed by atoms with Crippen LogP contribution in [0.25, 0.3) is 22.3 Å². The van der Waals surface area contributed by atoms with Crippen LogP contribution in [0.1, 0.15) is 37.2 Å². The third-order valence-electron chi connectivity index (χ3n) is 8.13. The Hall–Kier alpha value is -4.33. The number of hydrogen-bond acceptors (Lipinski definition) is 3. The molecule has 1 aliphatic carbocycles. The molecule has 0 saturated carbocycles. The van der Waals surface area contributed by atoms with Crippen molar-refractivity contribution in [1.82, 2.24) is 0 Å². The van der Waals surface area contributed by atoms with Crippen molar-refractivity contribution in [2.45, 2.75) is 31.6 Å². The molecule has 0 amide bonds. The first-order valence-corrected chi connectivity index (χ1v) is 16.5. The van der Waals surface area contributed by atoms with E-state index in [0.717, 1.165) is 65.2 Å². The minimum absolute atomic E-state index is 0.270. The second kappa shape index (κ2) is 12.9. The van der Waals surface area contributed by atoms with E-state index in [1.165, 1.54) is 16.2 Å². The average molecular weight is 583 g/mol. The Morgan fingerprint density at radius 1 is 0.628 bits per heavy atom. The van der Waals surface area contributed by atoms with Gasteiger partial charge in [-0.05, 0) is 48.6 Å². The lowest BCUT2D eigenvalue weighted by Gasteiger charge is -2.28. The van der Waals surface area contributed by atoms with Crippen molar-refractivity contribution in [3.63, 3.8) is 0 Å². The van der Waals surface area contributed by atoms with Crippen LogP contribution in [0.15, 0.2) is 133 Å². The van der Waals surface area contributed by atoms with Crippen molar-refractivity contribution >= 4 is 18.8 Å². The Bertz CT molecular complexity index is 1660. The van der Waals surface area contributed by atoms with Gasteiger partial charge in [0.15, 0.2) is 8.15 Å². The number of rotatable bonds is 6. The fourth-order valence-corrected chi connectivity index (χ4v) is 7.75. The molecule has 0 N–H and O–H groups in total. The third-order valence-corrected chi connectivity index (χ3v) is 10.0. The zero-order valence-corrected chi connectivity index (χ0v) is 25.1. The molecule has 2 aliphatic rings. The van der Waals surface area contributed by atoms with Gasteiger partial charge in [0.25, 0.3) is 0 Å². The van der Waals surface area contributed by atoms with Gasteiger partial charge < -0.3 is 14.0 Å². The maximum Gasteiger partial charge on any atom is 0.150 e. The zero-order chi connectivity index (χ0) is 28.8. The molecule has 0 aromatic heterocycles. The van der Waals surface area contributed by atoms with E-state index in [0.29, 0.717) is 13.2 Å². The van der Waals surface area contributed by atoms with E-state index in [2.05, 4.69) is 133 Å². The van der Waals surface area contributed by atoms with E-state index < -0.39 is 8.15 Å². The lowest BCUT2D eigenvalue weighted by molar-refractivity contribution is 0.252. The lowest BCUT2D eigenvalue weighted by Crippen LogP contribution is -2.17. The van der Waals surface area contributed by atoms with Crippen LogP contribution in [0.2, 0.25) is 0 Å². The molecule has 4 heteroatoms. The topological polar surface area (TPSA) is 27.7 Å². The minimum Gasteiger partial charge on any atom is -0.493 e. The number of allylic oxidation sites excluding steroid dienone is 2. The zero-order valence-electron chi connectivity index (χ0n) is 24.2. The van der Waals surface area contributed by atoms with Crippen molar-refractivity contribution in [1.29, 1.82) is 0 Å². The van der Waals surface area contributed by atoms with E-state index in [1.807, 2.05) is 0 Å². The Morgan fingerprint density at radius 3 is 1.95 bits per heavy atom. The quantitative estimate of drug-likeness (QED) is 0.147. The first-order chi connectivity index (χ1) is 21.3. The molecule has 0 saturated heterocycles. The molecule has 0 radical (unpaired) electrons. The molecule has 43 heavy (non-hydrogen) atoms. The van der Waals surface area contributed by atoms with Crippen molar-refractivity contribution in [3.8, 4) is 39.5 Å². The van der Waals surface area contributed by atoms with Crippen LogP contribution in [0.5, 0.6) is 17.2 Å². The Morgan fingerprint density at radius 2 is 1.28 bits per heavy atom. The fraction of sp³-hybridized carbons (Fsp3) is 0.179. The Balaban J connectivity index is 1.48. The molecule has 7 rings (SSSR count). The second-order valence-corrected chi connectivity index (χ2v) is 12.8. The highest BCUT2D eigenvalue weighted by Gasteiger charge is 2.29. The molecule has 5 aromatic carbocycles. The number of ether oxygens (including phenoxy) is 2. The summed E-state index contributed by atoms with van der Waals surface area (Å²) in [5.74, 6) is 2.86. The third kappa shape index (κ3) is 5.96. The second-order valence-electron chi connectivity index (χ2n) is 11.0. The summed E-state index contributed by atoms with van der Waals surface area (Å²) in [6.07, 6.45) is 8.87. The van der Waals surface area contributed by atoms with Crippen LogP contribution in [0.3, 0.4) is 0 Å². The predicted octanol–water partition coefficient (Wildman–Crippen LogP) is 9.43. The van der Waals surface area contributed by atoms with E-state index in [-0.39, 0.29) is 5.92 Å². The van der Waals surface area contributed by atoms with Crippen LogP contribution in [-0.4, -0.2) is 13.2 Å². The smallest absolute Gasteiger partial charge is 0.150 e. The summed E-state index contributed by atoms with van der Waals surface area (Å²) in [4.78, 5) is 0. The molecule has 0 spiro atoms. The molecular formula is C39H35O3P. The van der Waals surface area contributed by atoms with Gasteiger partial charge in [0.05, 0.1) is 18.8 Å². The predicted molar refractivity (Wildman–Crippen MR) is 178 cm³/mol. The normalized spacial score (nSPS) is 16.1. The summed E-state index contributed by atoms with van der Waals surface area (Å²) in [5, 5.41) is 2.34. The van der Waals surface area contributed by atoms with Crippen LogP contribution in [-0.2, 0) is 0 Å². The van der Waals surface area contributed by atoms with Gasteiger partial charge in [-0.25, -0.2) is 0 Å². The van der Waals surface area contributed by atoms with Crippen molar-refractivity contribution in [3.05, 3.63) is 139 Å². The summed E-state index contributed by atoms with van der Waals surface area (Å²) >= 11 is 0. The van der Waals surface area contributed by atoms with Gasteiger partial charge in [-0.2, -0.15) is 0 Å². The van der Waals surface area contributed by atoms with Crippen LogP contribution < -0.4 is 24.6 Å². The number of benzene rings is 5. The van der Waals surface area contributed by atoms with Gasteiger partial charge in [0.1, 0.15) is 17.2 Å². The van der Waals surface area contributed by atoms with Crippen LogP contribution >= 0.6 is 8.15 Å². The molecule has 1 atom stereocenters. The van der Waals surface area contributed by atoms with Crippen LogP contribution in [0, 0.1) is 0 Å². The summed E-state index contributed by atoms with van der Waals surface area (Å²) in [6, 6.07) is 42.7. The van der Waals surface area contributed by atoms with Gasteiger partial charge in [0.2, 0.25) is 0 Å². The van der Waals surface area contributed by atoms with Gasteiger partial charge in [-0.15, -0.1) is 0 Å². The van der Waals surface area contributed by atoms with Crippen molar-refractivity contribution in [2.24, 2.45) is 0 Å². The largest absolute Gasteiger partial charge is 0.493 e. The fourth-order valence-electron chi connectivity index (χ4n) is 5.97. The summed E-state index contributed by atoms with van der Waals surface area (Å²) in [7, 11) is -1.16. The number of hydrogen-bond donors (Lipinski definition) is 0. The highest BCUT2D eigenvalue weighted by molar-refractivity contribution is 7.68. The molecular weight excluding hydrogens is 547 g/mol. The molecule has 1 heterocycles. The number of fused-ring (bicyclic) bond motifs is 3. The van der Waals surface area contributed by atoms with E-state index in [4.69, 9.17) is 14.0 Å². The summed E-state index contributed by atoms with van der Waals surface area (Å²) in [5.41, 5.74) is 5.48. The first-order valence-electron chi connectivity index (χ1n) is 15.2. The molecule has 5 aromatic rings. The van der Waals surface area contributed by atoms with Crippen molar-refractivity contribution in [2.75, 3.05) is 13.2 Å². The van der Waals surface area contributed by atoms with Gasteiger partial charge >= 0.3 is 0 Å². The summed E-state index contributed by atoms with van der Waals surface area (Å²) in [6.45, 7) is 1.18. The Labute approximate surface area is 255 Å². The van der Waals surface area contributed by atoms with E-state index in [1.54, 1.807) is 0 Å². The minimum atomic E-state index is -1.16. The SMILES string of the molecule is C1=CC(c2ccc3c(c2OP(c2ccccc2)c2ccccc2)-c2cc(-c4ccccc4)ccc2OCCCO3)CCC1. The highest BCUT2D eigenvalue weighted by atomic mass is 31.1. The van der Waals surface area contributed by atoms with Crippen LogP contribution in [0.4, 0.5) is 0 Å². The molecule has 3 nitrogen and oxygen atoms in total. The van der Waals surface area contributed by atoms with E-state index in [9.17, 15) is 0 Å². The van der Waals surface area contributed by atoms with Gasteiger partial charge in [0, 0.05) is 34.1 Å². The molecule has 1 unspecified atom stereocenters. The van der Waals surface area contributed by atoms with Gasteiger partial charge in [-0.1, -0.05) is 115 Å². The Kier molecular flexibility index (Phi) is 8.25. The monoisotopic (exact) mass is 582 g/mol. The lowest BCUT2D eigenvalue weighted by atomic mass is 9.86. The first kappa shape index (κ1) is 27.5. The standard InChI is InChI=1S/C39H35O3P/c1-5-14-29(15-6-1)31-22-24-36-35(28-31)38-37(41-27-13-26-40-36)25-23-34(30-16-7-2-8-17-30)39(38)42-43(32-18-9-3-10-19-32)33-20-11-4-12-21-33/h1,3-7,9-12,14-16,18-25,28,30H,2,8,13,17,26-27H2. The highest BCUT2D eigenvalue weighted by Crippen LogP contribution is 2.53. The summed E-state index contributed by atoms with van der Waals surface area (Å²) < 4.78 is 20.3. The maximum absolute atomic E-state index is 7.40. The maximum atomic E-state index is 7.40. The van der Waals surface area contributed by atoms with E-state index >= 15 is 0 Å². The molecule has 0 fully saturated rings. The molecule has 1 aliphatic heterocycles. The average Bonchev–Trinajstić information content (AvgIpc) is 3.17.